The van der Waals surface area contributed by atoms with Gasteiger partial charge in [-0.15, -0.1) is 0 Å². The number of thioether (sulfide) groups is 1. The SMILES string of the molecule is COc1cc2c(cc1OC)S(=C1C=C(OCc3ccccc3S(C)(=O)=O)C(C#N)S1)C=N2. The van der Waals surface area contributed by atoms with E-state index >= 15 is 0 Å². The molecule has 32 heavy (non-hydrogen) atoms. The second kappa shape index (κ2) is 9.02. The first-order valence-electron chi connectivity index (χ1n) is 9.44. The molecule has 0 amide bonds. The van der Waals surface area contributed by atoms with Crippen LogP contribution in [0.1, 0.15) is 5.56 Å². The van der Waals surface area contributed by atoms with Gasteiger partial charge in [0.05, 0.1) is 36.4 Å². The van der Waals surface area contributed by atoms with Crippen LogP contribution in [0.15, 0.2) is 63.0 Å². The lowest BCUT2D eigenvalue weighted by Gasteiger charge is -2.12. The number of fused-ring (bicyclic) bond motifs is 1. The maximum Gasteiger partial charge on any atom is 0.175 e. The highest BCUT2D eigenvalue weighted by atomic mass is 32.2. The van der Waals surface area contributed by atoms with Crippen molar-refractivity contribution >= 4 is 47.5 Å². The van der Waals surface area contributed by atoms with Crippen LogP contribution in [0.2, 0.25) is 0 Å². The van der Waals surface area contributed by atoms with Crippen molar-refractivity contribution < 1.29 is 22.6 Å². The summed E-state index contributed by atoms with van der Waals surface area (Å²) in [7, 11) is -0.677. The minimum Gasteiger partial charge on any atom is -0.493 e. The summed E-state index contributed by atoms with van der Waals surface area (Å²) in [6.07, 6.45) is 3.03. The molecule has 2 aromatic carbocycles. The highest BCUT2D eigenvalue weighted by Gasteiger charge is 2.29. The summed E-state index contributed by atoms with van der Waals surface area (Å²) in [5, 5.41) is 9.14. The van der Waals surface area contributed by atoms with Crippen LogP contribution >= 0.6 is 22.2 Å². The lowest BCUT2D eigenvalue weighted by Crippen LogP contribution is -2.07. The average molecular weight is 489 g/mol. The van der Waals surface area contributed by atoms with Gasteiger partial charge in [-0.05, 0) is 18.2 Å². The number of benzene rings is 2. The summed E-state index contributed by atoms with van der Waals surface area (Å²) in [5.74, 6) is 1.73. The number of nitrogens with zero attached hydrogens (tertiary/aromatic N) is 2. The number of sulfone groups is 1. The van der Waals surface area contributed by atoms with Crippen LogP contribution in [0.25, 0.3) is 0 Å². The molecule has 4 rings (SSSR count). The lowest BCUT2D eigenvalue weighted by atomic mass is 10.2. The largest absolute Gasteiger partial charge is 0.493 e. The van der Waals surface area contributed by atoms with Crippen molar-refractivity contribution in [2.24, 2.45) is 4.99 Å². The molecule has 0 aromatic heterocycles. The highest BCUT2D eigenvalue weighted by Crippen LogP contribution is 2.49. The zero-order valence-electron chi connectivity index (χ0n) is 17.6. The molecule has 0 saturated carbocycles. The first kappa shape index (κ1) is 22.5. The van der Waals surface area contributed by atoms with Crippen LogP contribution in [-0.4, -0.2) is 43.9 Å². The molecular weight excluding hydrogens is 468 g/mol. The van der Waals surface area contributed by atoms with Gasteiger partial charge in [0.2, 0.25) is 0 Å². The molecule has 0 saturated heterocycles. The van der Waals surface area contributed by atoms with Crippen LogP contribution in [0.4, 0.5) is 5.69 Å². The molecule has 0 fully saturated rings. The third kappa shape index (κ3) is 4.28. The van der Waals surface area contributed by atoms with Gasteiger partial charge < -0.3 is 14.2 Å². The first-order valence-corrected chi connectivity index (χ1v) is 13.5. The number of ether oxygens (including phenoxy) is 3. The first-order chi connectivity index (χ1) is 15.4. The Bertz CT molecular complexity index is 1320. The Morgan fingerprint density at radius 2 is 1.91 bits per heavy atom. The van der Waals surface area contributed by atoms with Crippen molar-refractivity contribution in [2.45, 2.75) is 21.6 Å². The van der Waals surface area contributed by atoms with E-state index in [4.69, 9.17) is 14.2 Å². The summed E-state index contributed by atoms with van der Waals surface area (Å²) in [6, 6.07) is 12.7. The Kier molecular flexibility index (Phi) is 6.33. The number of methoxy groups -OCH3 is 2. The molecule has 2 aliphatic rings. The van der Waals surface area contributed by atoms with E-state index in [0.29, 0.717) is 22.8 Å². The van der Waals surface area contributed by atoms with Gasteiger partial charge in [-0.2, -0.15) is 5.26 Å². The molecule has 0 spiro atoms. The second-order valence-electron chi connectivity index (χ2n) is 6.91. The van der Waals surface area contributed by atoms with E-state index in [1.807, 2.05) is 23.8 Å². The van der Waals surface area contributed by atoms with Gasteiger partial charge in [0.1, 0.15) is 12.4 Å². The molecule has 166 valence electrons. The summed E-state index contributed by atoms with van der Waals surface area (Å²) in [6.45, 7) is 0.0601. The number of hydrogen-bond acceptors (Lipinski definition) is 8. The Balaban J connectivity index is 1.66. The molecule has 2 aliphatic heterocycles. The molecule has 10 heteroatoms. The van der Waals surface area contributed by atoms with E-state index in [1.54, 1.807) is 38.5 Å². The van der Waals surface area contributed by atoms with Crippen LogP contribution < -0.4 is 9.47 Å². The van der Waals surface area contributed by atoms with E-state index < -0.39 is 25.6 Å². The van der Waals surface area contributed by atoms with Gasteiger partial charge in [-0.3, -0.25) is 0 Å². The van der Waals surface area contributed by atoms with Crippen molar-refractivity contribution in [3.8, 4) is 17.6 Å². The van der Waals surface area contributed by atoms with Gasteiger partial charge in [-0.1, -0.05) is 40.4 Å². The average Bonchev–Trinajstić information content (AvgIpc) is 3.39. The van der Waals surface area contributed by atoms with Crippen molar-refractivity contribution in [3.63, 3.8) is 0 Å². The van der Waals surface area contributed by atoms with Gasteiger partial charge >= 0.3 is 0 Å². The third-order valence-corrected chi connectivity index (χ3v) is 9.47. The minimum absolute atomic E-state index is 0.0601. The molecular formula is C22H20N2O5S3. The second-order valence-corrected chi connectivity index (χ2v) is 12.1. The molecule has 2 heterocycles. The molecule has 2 aromatic rings. The number of hydrogen-bond donors (Lipinski definition) is 0. The number of aliphatic imine (C=N–C) groups is 1. The molecule has 2 atom stereocenters. The van der Waals surface area contributed by atoms with Crippen LogP contribution in [0.3, 0.4) is 0 Å². The third-order valence-electron chi connectivity index (χ3n) is 4.85. The molecule has 0 bridgehead atoms. The van der Waals surface area contributed by atoms with E-state index in [9.17, 15) is 13.7 Å². The van der Waals surface area contributed by atoms with Crippen molar-refractivity contribution in [1.29, 1.82) is 5.26 Å². The Morgan fingerprint density at radius 3 is 2.59 bits per heavy atom. The predicted molar refractivity (Wildman–Crippen MR) is 128 cm³/mol. The van der Waals surface area contributed by atoms with Crippen LogP contribution in [0, 0.1) is 11.3 Å². The Labute approximate surface area is 193 Å². The van der Waals surface area contributed by atoms with Crippen molar-refractivity contribution in [3.05, 3.63) is 53.8 Å². The summed E-state index contributed by atoms with van der Waals surface area (Å²) in [5.41, 5.74) is 3.22. The maximum atomic E-state index is 12.0. The topological polar surface area (TPSA) is 98.0 Å². The zero-order chi connectivity index (χ0) is 22.9. The highest BCUT2D eigenvalue weighted by molar-refractivity contribution is 8.40. The van der Waals surface area contributed by atoms with Crippen molar-refractivity contribution in [1.82, 2.24) is 0 Å². The van der Waals surface area contributed by atoms with Crippen molar-refractivity contribution in [2.75, 3.05) is 20.5 Å². The van der Waals surface area contributed by atoms with Crippen LogP contribution in [0.5, 0.6) is 11.5 Å². The Morgan fingerprint density at radius 1 is 1.19 bits per heavy atom. The smallest absolute Gasteiger partial charge is 0.175 e. The minimum atomic E-state index is -3.38. The zero-order valence-corrected chi connectivity index (χ0v) is 20.0. The van der Waals surface area contributed by atoms with E-state index in [1.165, 1.54) is 18.0 Å². The van der Waals surface area contributed by atoms with E-state index in [0.717, 1.165) is 14.8 Å². The molecule has 7 nitrogen and oxygen atoms in total. The normalized spacial score (nSPS) is 20.4. The number of nitriles is 1. The van der Waals surface area contributed by atoms with Gasteiger partial charge in [0.25, 0.3) is 0 Å². The van der Waals surface area contributed by atoms with Gasteiger partial charge in [0, 0.05) is 27.0 Å². The monoisotopic (exact) mass is 488 g/mol. The standard InChI is InChI=1S/C22H20N2O5S3/c1-27-16-8-15-20(9-17(16)28-2)31(13-24-15)22-10-18(19(11-23)30-22)29-12-14-6-4-5-7-21(14)32(3,25)26/h4-10,13,19H,12H2,1-3H3. The summed E-state index contributed by atoms with van der Waals surface area (Å²) < 4.78 is 41.8. The van der Waals surface area contributed by atoms with E-state index in [-0.39, 0.29) is 11.5 Å². The van der Waals surface area contributed by atoms with Gasteiger partial charge in [-0.25, -0.2) is 13.4 Å². The quantitative estimate of drug-likeness (QED) is 0.560. The van der Waals surface area contributed by atoms with E-state index in [2.05, 4.69) is 11.1 Å². The molecule has 2 unspecified atom stereocenters. The predicted octanol–water partition coefficient (Wildman–Crippen LogP) is 4.28. The molecule has 0 N–H and O–H groups in total. The molecule has 0 radical (unpaired) electrons. The fraction of sp³-hybridized carbons (Fsp3) is 0.227. The molecule has 0 aliphatic carbocycles. The fourth-order valence-electron chi connectivity index (χ4n) is 3.32. The summed E-state index contributed by atoms with van der Waals surface area (Å²) in [4.78, 5) is 5.73. The summed E-state index contributed by atoms with van der Waals surface area (Å²) >= 11 is 1.42. The Hall–Kier alpha value is -2.74. The van der Waals surface area contributed by atoms with Crippen LogP contribution in [-0.2, 0) is 21.2 Å². The maximum absolute atomic E-state index is 12.0. The fourth-order valence-corrected chi connectivity index (χ4v) is 7.54. The van der Waals surface area contributed by atoms with Gasteiger partial charge in [0.15, 0.2) is 26.6 Å². The number of rotatable bonds is 6. The lowest BCUT2D eigenvalue weighted by molar-refractivity contribution is 0.196.